The number of benzene rings is 2. The minimum Gasteiger partial charge on any atom is -0.489 e. The number of aromatic nitrogens is 1. The van der Waals surface area contributed by atoms with E-state index in [0.717, 1.165) is 47.5 Å². The SMILES string of the molecule is O=C(O)C[C@@H]1CCc2c1[nH]c1ccc(OCc3ccc(C4CCCC4O)c(C(F)(F)F)c3)cc21. The minimum absolute atomic E-state index is 0.0175. The van der Waals surface area contributed by atoms with Crippen LogP contribution < -0.4 is 4.74 Å². The van der Waals surface area contributed by atoms with Gasteiger partial charge in [0.2, 0.25) is 0 Å². The van der Waals surface area contributed by atoms with Crippen LogP contribution in [0.25, 0.3) is 10.9 Å². The van der Waals surface area contributed by atoms with Crippen LogP contribution in [0.3, 0.4) is 0 Å². The van der Waals surface area contributed by atoms with Gasteiger partial charge in [0.1, 0.15) is 12.4 Å². The molecule has 180 valence electrons. The van der Waals surface area contributed by atoms with Crippen LogP contribution in [0.5, 0.6) is 5.75 Å². The molecule has 3 atom stereocenters. The zero-order chi connectivity index (χ0) is 24.0. The number of rotatable bonds is 6. The average Bonchev–Trinajstić information content (AvgIpc) is 3.47. The van der Waals surface area contributed by atoms with Gasteiger partial charge in [-0.25, -0.2) is 0 Å². The van der Waals surface area contributed by atoms with Gasteiger partial charge >= 0.3 is 12.1 Å². The molecule has 5 rings (SSSR count). The van der Waals surface area contributed by atoms with E-state index in [1.165, 1.54) is 6.07 Å². The summed E-state index contributed by atoms with van der Waals surface area (Å²) < 4.78 is 47.2. The van der Waals surface area contributed by atoms with Crippen molar-refractivity contribution in [2.24, 2.45) is 0 Å². The maximum atomic E-state index is 13.8. The largest absolute Gasteiger partial charge is 0.489 e. The van der Waals surface area contributed by atoms with Crippen molar-refractivity contribution in [3.63, 3.8) is 0 Å². The molecule has 2 aliphatic rings. The van der Waals surface area contributed by atoms with Gasteiger partial charge in [0.25, 0.3) is 0 Å². The van der Waals surface area contributed by atoms with Crippen molar-refractivity contribution in [2.45, 2.75) is 69.2 Å². The highest BCUT2D eigenvalue weighted by Gasteiger charge is 2.38. The van der Waals surface area contributed by atoms with E-state index >= 15 is 0 Å². The predicted molar refractivity (Wildman–Crippen MR) is 120 cm³/mol. The number of halogens is 3. The summed E-state index contributed by atoms with van der Waals surface area (Å²) in [7, 11) is 0. The summed E-state index contributed by atoms with van der Waals surface area (Å²) in [4.78, 5) is 14.5. The number of carboxylic acid groups (broad SMARTS) is 1. The first-order chi connectivity index (χ1) is 16.2. The van der Waals surface area contributed by atoms with Gasteiger partial charge in [-0.2, -0.15) is 13.2 Å². The van der Waals surface area contributed by atoms with E-state index in [1.54, 1.807) is 12.1 Å². The van der Waals surface area contributed by atoms with Gasteiger partial charge in [-0.05, 0) is 66.6 Å². The third kappa shape index (κ3) is 4.27. The molecule has 8 heteroatoms. The molecule has 0 saturated heterocycles. The molecule has 1 heterocycles. The third-order valence-corrected chi connectivity index (χ3v) is 7.19. The number of aliphatic hydroxyl groups excluding tert-OH is 1. The number of fused-ring (bicyclic) bond motifs is 3. The van der Waals surface area contributed by atoms with E-state index in [2.05, 4.69) is 4.98 Å². The van der Waals surface area contributed by atoms with E-state index in [9.17, 15) is 23.1 Å². The van der Waals surface area contributed by atoms with Gasteiger partial charge in [-0.15, -0.1) is 0 Å². The Morgan fingerprint density at radius 2 is 1.94 bits per heavy atom. The maximum absolute atomic E-state index is 13.8. The van der Waals surface area contributed by atoms with Gasteiger partial charge in [-0.3, -0.25) is 4.79 Å². The van der Waals surface area contributed by atoms with Crippen LogP contribution in [0.1, 0.15) is 71.9 Å². The Bertz CT molecular complexity index is 1230. The standard InChI is InChI=1S/C26H26F3NO4/c27-26(28,29)21-10-14(4-7-17(21)18-2-1-3-23(18)31)13-34-16-6-9-22-20(12-16)19-8-5-15(11-24(32)33)25(19)30-22/h4,6-7,9-10,12,15,18,23,30-31H,1-3,5,8,11,13H2,(H,32,33)/t15-,18?,23?/m0/s1. The number of alkyl halides is 3. The summed E-state index contributed by atoms with van der Waals surface area (Å²) in [6.07, 6.45) is -1.83. The molecule has 2 aromatic carbocycles. The molecule has 3 aromatic rings. The molecule has 0 spiro atoms. The number of nitrogens with one attached hydrogen (secondary N) is 1. The molecule has 2 unspecified atom stereocenters. The maximum Gasteiger partial charge on any atom is 0.416 e. The van der Waals surface area contributed by atoms with Crippen molar-refractivity contribution < 1.29 is 32.9 Å². The number of ether oxygens (including phenoxy) is 1. The molecular weight excluding hydrogens is 447 g/mol. The lowest BCUT2D eigenvalue weighted by Crippen LogP contribution is -2.18. The van der Waals surface area contributed by atoms with Crippen molar-refractivity contribution in [1.29, 1.82) is 0 Å². The topological polar surface area (TPSA) is 82.5 Å². The van der Waals surface area contributed by atoms with Gasteiger partial charge in [0.05, 0.1) is 18.1 Å². The number of aliphatic hydroxyl groups is 1. The number of carboxylic acids is 1. The second-order valence-electron chi connectivity index (χ2n) is 9.37. The van der Waals surface area contributed by atoms with E-state index in [1.807, 2.05) is 12.1 Å². The molecule has 34 heavy (non-hydrogen) atoms. The number of aryl methyl sites for hydroxylation is 1. The van der Waals surface area contributed by atoms with Crippen LogP contribution >= 0.6 is 0 Å². The van der Waals surface area contributed by atoms with Crippen LogP contribution in [0.2, 0.25) is 0 Å². The highest BCUT2D eigenvalue weighted by Crippen LogP contribution is 2.43. The second kappa shape index (κ2) is 8.65. The molecular formula is C26H26F3NO4. The number of hydrogen-bond donors (Lipinski definition) is 3. The number of H-pyrrole nitrogens is 1. The Morgan fingerprint density at radius 3 is 2.65 bits per heavy atom. The lowest BCUT2D eigenvalue weighted by Gasteiger charge is -2.21. The average molecular weight is 473 g/mol. The second-order valence-corrected chi connectivity index (χ2v) is 9.37. The van der Waals surface area contributed by atoms with Crippen molar-refractivity contribution in [1.82, 2.24) is 4.98 Å². The predicted octanol–water partition coefficient (Wildman–Crippen LogP) is 5.90. The fourth-order valence-corrected chi connectivity index (χ4v) is 5.57. The monoisotopic (exact) mass is 473 g/mol. The van der Waals surface area contributed by atoms with Crippen LogP contribution in [-0.4, -0.2) is 27.3 Å². The summed E-state index contributed by atoms with van der Waals surface area (Å²) in [5, 5.41) is 20.2. The quantitative estimate of drug-likeness (QED) is 0.416. The Morgan fingerprint density at radius 1 is 1.12 bits per heavy atom. The molecule has 2 aliphatic carbocycles. The number of aliphatic carboxylic acids is 1. The van der Waals surface area contributed by atoms with Crippen molar-refractivity contribution in [3.8, 4) is 5.75 Å². The Balaban J connectivity index is 1.36. The highest BCUT2D eigenvalue weighted by atomic mass is 19.4. The molecule has 3 N–H and O–H groups in total. The van der Waals surface area contributed by atoms with Crippen molar-refractivity contribution in [2.75, 3.05) is 0 Å². The first kappa shape index (κ1) is 22.8. The van der Waals surface area contributed by atoms with Gasteiger partial charge in [-0.1, -0.05) is 18.6 Å². The zero-order valence-corrected chi connectivity index (χ0v) is 18.5. The fourth-order valence-electron chi connectivity index (χ4n) is 5.57. The van der Waals surface area contributed by atoms with Gasteiger partial charge < -0.3 is 19.9 Å². The van der Waals surface area contributed by atoms with Crippen LogP contribution in [-0.2, 0) is 24.0 Å². The number of carbonyl (C=O) groups is 1. The first-order valence-electron chi connectivity index (χ1n) is 11.6. The Kier molecular flexibility index (Phi) is 5.80. The van der Waals surface area contributed by atoms with Gasteiger partial charge in [0, 0.05) is 28.4 Å². The zero-order valence-electron chi connectivity index (χ0n) is 18.5. The summed E-state index contributed by atoms with van der Waals surface area (Å²) in [6, 6.07) is 9.72. The molecule has 0 amide bonds. The van der Waals surface area contributed by atoms with Crippen LogP contribution in [0.4, 0.5) is 13.2 Å². The third-order valence-electron chi connectivity index (χ3n) is 7.19. The lowest BCUT2D eigenvalue weighted by molar-refractivity contribution is -0.139. The Hall–Kier alpha value is -3.00. The summed E-state index contributed by atoms with van der Waals surface area (Å²) in [6.45, 7) is -0.0175. The van der Waals surface area contributed by atoms with E-state index in [0.29, 0.717) is 24.2 Å². The molecule has 5 nitrogen and oxygen atoms in total. The molecule has 0 aliphatic heterocycles. The molecule has 1 fully saturated rings. The van der Waals surface area contributed by atoms with Crippen LogP contribution in [0.15, 0.2) is 36.4 Å². The van der Waals surface area contributed by atoms with Gasteiger partial charge in [0.15, 0.2) is 0 Å². The first-order valence-corrected chi connectivity index (χ1v) is 11.6. The molecule has 0 bridgehead atoms. The Labute approximate surface area is 194 Å². The summed E-state index contributed by atoms with van der Waals surface area (Å²) >= 11 is 0. The molecule has 0 radical (unpaired) electrons. The lowest BCUT2D eigenvalue weighted by atomic mass is 9.90. The van der Waals surface area contributed by atoms with E-state index < -0.39 is 29.7 Å². The number of hydrogen-bond acceptors (Lipinski definition) is 3. The minimum atomic E-state index is -4.51. The smallest absolute Gasteiger partial charge is 0.416 e. The van der Waals surface area contributed by atoms with E-state index in [4.69, 9.17) is 9.84 Å². The van der Waals surface area contributed by atoms with Crippen molar-refractivity contribution >= 4 is 16.9 Å². The summed E-state index contributed by atoms with van der Waals surface area (Å²) in [5.74, 6) is -0.816. The van der Waals surface area contributed by atoms with Crippen LogP contribution in [0, 0.1) is 0 Å². The molecule has 1 saturated carbocycles. The number of aromatic amines is 1. The van der Waals surface area contributed by atoms with Crippen molar-refractivity contribution in [3.05, 3.63) is 64.3 Å². The highest BCUT2D eigenvalue weighted by molar-refractivity contribution is 5.87. The normalized spacial score (nSPS) is 22.3. The molecule has 1 aromatic heterocycles. The van der Waals surface area contributed by atoms with E-state index in [-0.39, 0.29) is 24.5 Å². The summed E-state index contributed by atoms with van der Waals surface area (Å²) in [5.41, 5.74) is 2.79. The fraction of sp³-hybridized carbons (Fsp3) is 0.423.